The molecule has 0 fully saturated rings. The molecule has 2 aromatic carbocycles. The molecular weight excluding hydrogens is 509 g/mol. The number of nitrogens with zero attached hydrogens (tertiary/aromatic N) is 6. The lowest BCUT2D eigenvalue weighted by Gasteiger charge is -2.21. The number of benzene rings is 2. The molecule has 1 N–H and O–H groups in total. The van der Waals surface area contributed by atoms with Gasteiger partial charge in [-0.05, 0) is 37.3 Å². The average Bonchev–Trinajstić information content (AvgIpc) is 3.55. The van der Waals surface area contributed by atoms with Gasteiger partial charge in [0.25, 0.3) is 0 Å². The van der Waals surface area contributed by atoms with Crippen LogP contribution < -0.4 is 11.0 Å². The number of hydrogen-bond acceptors (Lipinski definition) is 4. The molecule has 0 bridgehead atoms. The lowest BCUT2D eigenvalue weighted by Crippen LogP contribution is -2.30. The number of aromatic nitrogens is 6. The number of imidazole rings is 1. The van der Waals surface area contributed by atoms with Crippen LogP contribution in [0.2, 0.25) is 0 Å². The highest BCUT2D eigenvalue weighted by atomic mass is 19.4. The summed E-state index contributed by atoms with van der Waals surface area (Å²) in [6.45, 7) is 2.42. The Morgan fingerprint density at radius 1 is 1.08 bits per heavy atom. The Bertz CT molecular complexity index is 1780. The standard InChI is InChI=1S/C25H20F5N7O/c1-13-21-18(7-8-31-13)33-37(14-3-4-17(26)16(11-14)25(28,29)30)23(21)36-10-9-35(24(36)38)20-6-5-19-15(22(20)27)12-32-34(19)2/h3-6,9-13,31H,7-8H2,1-2H3/t13-/m0/s1. The Morgan fingerprint density at radius 3 is 2.61 bits per heavy atom. The van der Waals surface area contributed by atoms with E-state index in [1.165, 1.54) is 44.7 Å². The van der Waals surface area contributed by atoms with E-state index in [0.717, 1.165) is 10.6 Å². The second kappa shape index (κ2) is 8.38. The monoisotopic (exact) mass is 529 g/mol. The number of fused-ring (bicyclic) bond motifs is 2. The van der Waals surface area contributed by atoms with E-state index in [1.807, 2.05) is 6.92 Å². The van der Waals surface area contributed by atoms with Gasteiger partial charge >= 0.3 is 11.9 Å². The number of hydrogen-bond donors (Lipinski definition) is 1. The van der Waals surface area contributed by atoms with Gasteiger partial charge in [0.15, 0.2) is 5.82 Å². The summed E-state index contributed by atoms with van der Waals surface area (Å²) in [7, 11) is 1.67. The Hall–Kier alpha value is -4.26. The molecule has 0 unspecified atom stereocenters. The minimum Gasteiger partial charge on any atom is -0.310 e. The third-order valence-electron chi connectivity index (χ3n) is 6.83. The van der Waals surface area contributed by atoms with Gasteiger partial charge in [0.05, 0.1) is 39.7 Å². The van der Waals surface area contributed by atoms with Crippen molar-refractivity contribution in [2.75, 3.05) is 6.54 Å². The van der Waals surface area contributed by atoms with Crippen LogP contribution in [0.25, 0.3) is 28.1 Å². The molecule has 1 aliphatic rings. The van der Waals surface area contributed by atoms with Gasteiger partial charge in [-0.2, -0.15) is 23.4 Å². The van der Waals surface area contributed by atoms with Crippen molar-refractivity contribution in [1.29, 1.82) is 0 Å². The maximum Gasteiger partial charge on any atom is 0.419 e. The quantitative estimate of drug-likeness (QED) is 0.356. The highest BCUT2D eigenvalue weighted by Crippen LogP contribution is 2.35. The first-order valence-electron chi connectivity index (χ1n) is 11.7. The largest absolute Gasteiger partial charge is 0.419 e. The van der Waals surface area contributed by atoms with Crippen LogP contribution in [0.5, 0.6) is 0 Å². The molecule has 1 atom stereocenters. The summed E-state index contributed by atoms with van der Waals surface area (Å²) in [5.74, 6) is -1.88. The molecule has 0 radical (unpaired) electrons. The molecule has 3 aromatic heterocycles. The molecule has 38 heavy (non-hydrogen) atoms. The van der Waals surface area contributed by atoms with Crippen LogP contribution in [0.1, 0.15) is 29.8 Å². The van der Waals surface area contributed by atoms with E-state index in [-0.39, 0.29) is 28.6 Å². The van der Waals surface area contributed by atoms with E-state index >= 15 is 4.39 Å². The minimum atomic E-state index is -4.93. The maximum atomic E-state index is 15.4. The topological polar surface area (TPSA) is 74.6 Å². The highest BCUT2D eigenvalue weighted by Gasteiger charge is 2.35. The van der Waals surface area contributed by atoms with E-state index in [0.29, 0.717) is 35.8 Å². The molecule has 196 valence electrons. The molecule has 13 heteroatoms. The van der Waals surface area contributed by atoms with Crippen LogP contribution >= 0.6 is 0 Å². The molecule has 0 amide bonds. The van der Waals surface area contributed by atoms with E-state index in [9.17, 15) is 22.4 Å². The van der Waals surface area contributed by atoms with Crippen LogP contribution in [0.3, 0.4) is 0 Å². The molecule has 0 aliphatic carbocycles. The first-order chi connectivity index (χ1) is 18.1. The summed E-state index contributed by atoms with van der Waals surface area (Å²) < 4.78 is 74.9. The Morgan fingerprint density at radius 2 is 1.84 bits per heavy atom. The van der Waals surface area contributed by atoms with Gasteiger partial charge in [-0.3, -0.25) is 13.8 Å². The van der Waals surface area contributed by atoms with Crippen LogP contribution in [0.4, 0.5) is 22.0 Å². The molecule has 4 heterocycles. The predicted molar refractivity (Wildman–Crippen MR) is 128 cm³/mol. The molecule has 0 spiro atoms. The SMILES string of the molecule is C[C@@H]1NCCc2nn(-c3ccc(F)c(C(F)(F)F)c3)c(-n3ccn(-c4ccc5c(cnn5C)c4F)c3=O)c21. The lowest BCUT2D eigenvalue weighted by molar-refractivity contribution is -0.140. The summed E-state index contributed by atoms with van der Waals surface area (Å²) in [5, 5.41) is 12.1. The maximum absolute atomic E-state index is 15.4. The van der Waals surface area contributed by atoms with E-state index in [1.54, 1.807) is 13.1 Å². The minimum absolute atomic E-state index is 0.0125. The van der Waals surface area contributed by atoms with Crippen molar-refractivity contribution in [3.05, 3.63) is 87.9 Å². The second-order valence-electron chi connectivity index (χ2n) is 9.10. The van der Waals surface area contributed by atoms with Crippen molar-refractivity contribution >= 4 is 10.9 Å². The van der Waals surface area contributed by atoms with Gasteiger partial charge < -0.3 is 5.32 Å². The zero-order chi connectivity index (χ0) is 26.9. The Kier molecular flexibility index (Phi) is 5.31. The predicted octanol–water partition coefficient (Wildman–Crippen LogP) is 4.20. The molecule has 0 saturated carbocycles. The zero-order valence-corrected chi connectivity index (χ0v) is 20.1. The van der Waals surface area contributed by atoms with Crippen molar-refractivity contribution in [3.8, 4) is 17.2 Å². The van der Waals surface area contributed by atoms with E-state index in [4.69, 9.17) is 0 Å². The summed E-state index contributed by atoms with van der Waals surface area (Å²) >= 11 is 0. The normalized spacial score (nSPS) is 15.8. The van der Waals surface area contributed by atoms with Crippen molar-refractivity contribution in [2.24, 2.45) is 7.05 Å². The van der Waals surface area contributed by atoms with Gasteiger partial charge in [-0.1, -0.05) is 0 Å². The first kappa shape index (κ1) is 24.1. The summed E-state index contributed by atoms with van der Waals surface area (Å²) in [5.41, 5.74) is -0.449. The van der Waals surface area contributed by atoms with Crippen molar-refractivity contribution in [2.45, 2.75) is 25.6 Å². The summed E-state index contributed by atoms with van der Waals surface area (Å²) in [4.78, 5) is 13.7. The first-order valence-corrected chi connectivity index (χ1v) is 11.7. The van der Waals surface area contributed by atoms with E-state index < -0.39 is 29.1 Å². The zero-order valence-electron chi connectivity index (χ0n) is 20.1. The van der Waals surface area contributed by atoms with Crippen LogP contribution in [0, 0.1) is 11.6 Å². The van der Waals surface area contributed by atoms with Crippen LogP contribution in [0.15, 0.2) is 53.7 Å². The number of alkyl halides is 3. The smallest absolute Gasteiger partial charge is 0.310 e. The third kappa shape index (κ3) is 3.56. The van der Waals surface area contributed by atoms with Gasteiger partial charge in [-0.15, -0.1) is 0 Å². The van der Waals surface area contributed by atoms with Gasteiger partial charge in [0, 0.05) is 44.0 Å². The molecule has 5 aromatic rings. The van der Waals surface area contributed by atoms with Crippen LogP contribution in [-0.2, 0) is 19.6 Å². The molecule has 6 rings (SSSR count). The van der Waals surface area contributed by atoms with Gasteiger partial charge in [0.1, 0.15) is 11.6 Å². The Balaban J connectivity index is 1.57. The highest BCUT2D eigenvalue weighted by molar-refractivity contribution is 5.81. The lowest BCUT2D eigenvalue weighted by atomic mass is 10.0. The number of halogens is 5. The molecular formula is C25H20F5N7O. The summed E-state index contributed by atoms with van der Waals surface area (Å²) in [6.07, 6.45) is -0.320. The number of rotatable bonds is 3. The fourth-order valence-corrected chi connectivity index (χ4v) is 4.97. The summed E-state index contributed by atoms with van der Waals surface area (Å²) in [6, 6.07) is 5.35. The molecule has 1 aliphatic heterocycles. The fourth-order valence-electron chi connectivity index (χ4n) is 4.97. The molecule has 0 saturated heterocycles. The number of aryl methyl sites for hydroxylation is 1. The van der Waals surface area contributed by atoms with Crippen molar-refractivity contribution < 1.29 is 22.0 Å². The Labute approximate surface area is 211 Å². The fraction of sp³-hybridized carbons (Fsp3) is 0.240. The average molecular weight is 529 g/mol. The van der Waals surface area contributed by atoms with Gasteiger partial charge in [0.2, 0.25) is 0 Å². The van der Waals surface area contributed by atoms with Crippen molar-refractivity contribution in [1.82, 2.24) is 34.0 Å². The van der Waals surface area contributed by atoms with Crippen LogP contribution in [-0.4, -0.2) is 35.2 Å². The van der Waals surface area contributed by atoms with Gasteiger partial charge in [-0.25, -0.2) is 18.3 Å². The third-order valence-corrected chi connectivity index (χ3v) is 6.83. The second-order valence-corrected chi connectivity index (χ2v) is 9.10. The van der Waals surface area contributed by atoms with Crippen molar-refractivity contribution in [3.63, 3.8) is 0 Å². The number of nitrogens with one attached hydrogen (secondary N) is 1. The molecule has 8 nitrogen and oxygen atoms in total. The van der Waals surface area contributed by atoms with E-state index in [2.05, 4.69) is 15.5 Å².